The Balaban J connectivity index is 2.13. The molecule has 0 aromatic heterocycles. The van der Waals surface area contributed by atoms with Crippen LogP contribution < -0.4 is 10.6 Å². The number of anilines is 2. The topological polar surface area (TPSA) is 78.4 Å². The van der Waals surface area contributed by atoms with Crippen molar-refractivity contribution in [3.63, 3.8) is 0 Å². The van der Waals surface area contributed by atoms with E-state index in [1.165, 1.54) is 30.3 Å². The number of benzene rings is 2. The number of para-hydroxylation sites is 2. The van der Waals surface area contributed by atoms with Crippen LogP contribution in [0.1, 0.15) is 10.4 Å². The second kappa shape index (κ2) is 5.83. The third-order valence-corrected chi connectivity index (χ3v) is 2.53. The van der Waals surface area contributed by atoms with Crippen molar-refractivity contribution in [3.05, 3.63) is 59.9 Å². The number of hydrogen-bond acceptors (Lipinski definition) is 2. The van der Waals surface area contributed by atoms with Crippen LogP contribution in [-0.4, -0.2) is 17.1 Å². The van der Waals surface area contributed by atoms with Crippen LogP contribution in [-0.2, 0) is 0 Å². The summed E-state index contributed by atoms with van der Waals surface area (Å²) < 4.78 is 13.4. The molecule has 5 nitrogen and oxygen atoms in total. The molecular formula is C14H11FN2O3. The molecule has 102 valence electrons. The van der Waals surface area contributed by atoms with Crippen LogP contribution in [0.3, 0.4) is 0 Å². The fraction of sp³-hybridized carbons (Fsp3) is 0. The van der Waals surface area contributed by atoms with E-state index in [4.69, 9.17) is 5.11 Å². The second-order valence-corrected chi connectivity index (χ2v) is 3.91. The molecule has 20 heavy (non-hydrogen) atoms. The number of nitrogens with one attached hydrogen (secondary N) is 2. The van der Waals surface area contributed by atoms with Crippen molar-refractivity contribution in [1.82, 2.24) is 0 Å². The number of carboxylic acids is 1. The lowest BCUT2D eigenvalue weighted by Gasteiger charge is -2.10. The van der Waals surface area contributed by atoms with E-state index in [0.29, 0.717) is 0 Å². The number of hydrogen-bond donors (Lipinski definition) is 3. The first kappa shape index (κ1) is 13.5. The summed E-state index contributed by atoms with van der Waals surface area (Å²) in [7, 11) is 0. The third kappa shape index (κ3) is 3.11. The Bertz CT molecular complexity index is 658. The fourth-order valence-electron chi connectivity index (χ4n) is 1.62. The first-order valence-electron chi connectivity index (χ1n) is 5.73. The fourth-order valence-corrected chi connectivity index (χ4v) is 1.62. The normalized spacial score (nSPS) is 9.85. The van der Waals surface area contributed by atoms with E-state index < -0.39 is 17.8 Å². The number of carbonyl (C=O) groups is 2. The number of urea groups is 1. The molecule has 0 atom stereocenters. The van der Waals surface area contributed by atoms with Gasteiger partial charge in [-0.05, 0) is 24.3 Å². The second-order valence-electron chi connectivity index (χ2n) is 3.91. The lowest BCUT2D eigenvalue weighted by atomic mass is 10.2. The summed E-state index contributed by atoms with van der Waals surface area (Å²) >= 11 is 0. The SMILES string of the molecule is O=C(Nc1ccccc1F)Nc1ccccc1C(=O)O. The third-order valence-electron chi connectivity index (χ3n) is 2.53. The lowest BCUT2D eigenvalue weighted by Crippen LogP contribution is -2.21. The predicted octanol–water partition coefficient (Wildman–Crippen LogP) is 3.17. The van der Waals surface area contributed by atoms with Crippen molar-refractivity contribution in [1.29, 1.82) is 0 Å². The molecule has 0 heterocycles. The van der Waals surface area contributed by atoms with E-state index in [9.17, 15) is 14.0 Å². The van der Waals surface area contributed by atoms with Gasteiger partial charge < -0.3 is 15.7 Å². The van der Waals surface area contributed by atoms with Crippen LogP contribution in [0.2, 0.25) is 0 Å². The van der Waals surface area contributed by atoms with Crippen LogP contribution in [0.15, 0.2) is 48.5 Å². The van der Waals surface area contributed by atoms with Gasteiger partial charge >= 0.3 is 12.0 Å². The number of amides is 2. The summed E-state index contributed by atoms with van der Waals surface area (Å²) in [6.45, 7) is 0. The smallest absolute Gasteiger partial charge is 0.337 e. The average molecular weight is 274 g/mol. The minimum absolute atomic E-state index is 0.0119. The van der Waals surface area contributed by atoms with E-state index in [-0.39, 0.29) is 16.9 Å². The number of rotatable bonds is 3. The molecule has 0 bridgehead atoms. The molecule has 0 radical (unpaired) electrons. The van der Waals surface area contributed by atoms with Crippen LogP contribution in [0.5, 0.6) is 0 Å². The Labute approximate surface area is 114 Å². The number of carbonyl (C=O) groups excluding carboxylic acids is 1. The summed E-state index contributed by atoms with van der Waals surface area (Å²) in [5, 5.41) is 13.7. The quantitative estimate of drug-likeness (QED) is 0.804. The molecule has 0 aliphatic carbocycles. The van der Waals surface area contributed by atoms with E-state index >= 15 is 0 Å². The molecule has 0 spiro atoms. The average Bonchev–Trinajstić information content (AvgIpc) is 2.41. The molecule has 0 aliphatic rings. The number of carboxylic acid groups (broad SMARTS) is 1. The number of aromatic carboxylic acids is 1. The Kier molecular flexibility index (Phi) is 3.95. The molecule has 2 aromatic rings. The molecule has 3 N–H and O–H groups in total. The molecule has 2 amide bonds. The van der Waals surface area contributed by atoms with Gasteiger partial charge in [-0.2, -0.15) is 0 Å². The van der Waals surface area contributed by atoms with Crippen LogP contribution >= 0.6 is 0 Å². The first-order valence-corrected chi connectivity index (χ1v) is 5.73. The van der Waals surface area contributed by atoms with Crippen molar-refractivity contribution in [2.75, 3.05) is 10.6 Å². The Hall–Kier alpha value is -2.89. The number of halogens is 1. The molecule has 2 aromatic carbocycles. The summed E-state index contributed by atoms with van der Waals surface area (Å²) in [6.07, 6.45) is 0. The predicted molar refractivity (Wildman–Crippen MR) is 72.4 cm³/mol. The van der Waals surface area contributed by atoms with Crippen molar-refractivity contribution in [3.8, 4) is 0 Å². The van der Waals surface area contributed by atoms with Gasteiger partial charge in [0.15, 0.2) is 0 Å². The highest BCUT2D eigenvalue weighted by Crippen LogP contribution is 2.16. The van der Waals surface area contributed by atoms with Crippen molar-refractivity contribution in [2.45, 2.75) is 0 Å². The van der Waals surface area contributed by atoms with E-state index in [2.05, 4.69) is 10.6 Å². The molecule has 0 aliphatic heterocycles. The highest BCUT2D eigenvalue weighted by molar-refractivity contribution is 6.04. The molecule has 6 heteroatoms. The Morgan fingerprint density at radius 1 is 0.900 bits per heavy atom. The standard InChI is InChI=1S/C14H11FN2O3/c15-10-6-2-4-8-12(10)17-14(20)16-11-7-3-1-5-9(11)13(18)19/h1-8H,(H,18,19)(H2,16,17,20). The zero-order valence-electron chi connectivity index (χ0n) is 10.3. The maximum Gasteiger partial charge on any atom is 0.337 e. The van der Waals surface area contributed by atoms with E-state index in [1.807, 2.05) is 0 Å². The minimum Gasteiger partial charge on any atom is -0.478 e. The van der Waals surface area contributed by atoms with Crippen molar-refractivity contribution in [2.24, 2.45) is 0 Å². The van der Waals surface area contributed by atoms with Gasteiger partial charge in [0.2, 0.25) is 0 Å². The van der Waals surface area contributed by atoms with Crippen LogP contribution in [0.25, 0.3) is 0 Å². The van der Waals surface area contributed by atoms with Crippen molar-refractivity contribution >= 4 is 23.4 Å². The van der Waals surface area contributed by atoms with Gasteiger partial charge in [0.1, 0.15) is 5.82 Å². The Morgan fingerprint density at radius 3 is 2.10 bits per heavy atom. The van der Waals surface area contributed by atoms with Crippen molar-refractivity contribution < 1.29 is 19.1 Å². The maximum absolute atomic E-state index is 13.4. The van der Waals surface area contributed by atoms with Gasteiger partial charge in [-0.3, -0.25) is 0 Å². The highest BCUT2D eigenvalue weighted by Gasteiger charge is 2.12. The Morgan fingerprint density at radius 2 is 1.45 bits per heavy atom. The summed E-state index contributed by atoms with van der Waals surface area (Å²) in [4.78, 5) is 22.7. The summed E-state index contributed by atoms with van der Waals surface area (Å²) in [5.74, 6) is -1.74. The van der Waals surface area contributed by atoms with Gasteiger partial charge in [-0.1, -0.05) is 24.3 Å². The minimum atomic E-state index is -1.16. The van der Waals surface area contributed by atoms with Gasteiger partial charge in [0.05, 0.1) is 16.9 Å². The van der Waals surface area contributed by atoms with Gasteiger partial charge in [0, 0.05) is 0 Å². The highest BCUT2D eigenvalue weighted by atomic mass is 19.1. The summed E-state index contributed by atoms with van der Waals surface area (Å²) in [5.41, 5.74) is 0.0998. The van der Waals surface area contributed by atoms with Crippen LogP contribution in [0, 0.1) is 5.82 Å². The molecule has 0 fully saturated rings. The van der Waals surface area contributed by atoms with Crippen LogP contribution in [0.4, 0.5) is 20.6 Å². The summed E-state index contributed by atoms with van der Waals surface area (Å²) in [6, 6.07) is 10.9. The first-order chi connectivity index (χ1) is 9.58. The zero-order valence-corrected chi connectivity index (χ0v) is 10.3. The monoisotopic (exact) mass is 274 g/mol. The van der Waals surface area contributed by atoms with Gasteiger partial charge in [-0.15, -0.1) is 0 Å². The zero-order chi connectivity index (χ0) is 14.5. The maximum atomic E-state index is 13.4. The van der Waals surface area contributed by atoms with E-state index in [1.54, 1.807) is 18.2 Å². The van der Waals surface area contributed by atoms with Gasteiger partial charge in [0.25, 0.3) is 0 Å². The molecule has 0 saturated carbocycles. The van der Waals surface area contributed by atoms with Gasteiger partial charge in [-0.25, -0.2) is 14.0 Å². The largest absolute Gasteiger partial charge is 0.478 e. The molecule has 0 saturated heterocycles. The van der Waals surface area contributed by atoms with E-state index in [0.717, 1.165) is 0 Å². The molecule has 0 unspecified atom stereocenters. The molecular weight excluding hydrogens is 263 g/mol. The lowest BCUT2D eigenvalue weighted by molar-refractivity contribution is 0.0698. The molecule has 2 rings (SSSR count).